The smallest absolute Gasteiger partial charge is 0.335 e. The average Bonchev–Trinajstić information content (AvgIpc) is 2.98. The van der Waals surface area contributed by atoms with E-state index >= 15 is 0 Å². The minimum Gasteiger partial charge on any atom is -0.478 e. The van der Waals surface area contributed by atoms with Crippen molar-refractivity contribution in [2.45, 2.75) is 13.8 Å². The molecule has 1 amide bonds. The van der Waals surface area contributed by atoms with Crippen LogP contribution in [0.3, 0.4) is 0 Å². The van der Waals surface area contributed by atoms with Gasteiger partial charge in [-0.1, -0.05) is 12.1 Å². The van der Waals surface area contributed by atoms with Crippen LogP contribution in [0.2, 0.25) is 0 Å². The van der Waals surface area contributed by atoms with E-state index in [9.17, 15) is 9.59 Å². The van der Waals surface area contributed by atoms with E-state index in [1.807, 2.05) is 18.2 Å². The zero-order chi connectivity index (χ0) is 21.0. The number of aliphatic imine (C=N–C) groups is 1. The summed E-state index contributed by atoms with van der Waals surface area (Å²) >= 11 is 1.31. The third-order valence-corrected chi connectivity index (χ3v) is 5.72. The van der Waals surface area contributed by atoms with Crippen LogP contribution in [-0.4, -0.2) is 47.2 Å². The maximum absolute atomic E-state index is 12.6. The number of likely N-dealkylation sites (N-methyl/N-ethyl adjacent to an activating group) is 1. The molecule has 0 saturated carbocycles. The summed E-state index contributed by atoms with van der Waals surface area (Å²) in [7, 11) is 1.68. The van der Waals surface area contributed by atoms with E-state index in [0.717, 1.165) is 24.3 Å². The summed E-state index contributed by atoms with van der Waals surface area (Å²) in [6, 6.07) is 14.4. The van der Waals surface area contributed by atoms with Crippen molar-refractivity contribution < 1.29 is 14.7 Å². The van der Waals surface area contributed by atoms with Gasteiger partial charge in [-0.25, -0.2) is 9.79 Å². The van der Waals surface area contributed by atoms with Gasteiger partial charge in [0, 0.05) is 25.8 Å². The first-order valence-electron chi connectivity index (χ1n) is 9.37. The lowest BCUT2D eigenvalue weighted by Gasteiger charge is -2.20. The molecule has 1 saturated heterocycles. The first kappa shape index (κ1) is 20.7. The first-order valence-corrected chi connectivity index (χ1v) is 10.2. The predicted octanol–water partition coefficient (Wildman–Crippen LogP) is 4.46. The van der Waals surface area contributed by atoms with Crippen LogP contribution in [0.15, 0.2) is 58.4 Å². The number of carbonyl (C=O) groups is 2. The van der Waals surface area contributed by atoms with Crippen LogP contribution in [0, 0.1) is 0 Å². The van der Waals surface area contributed by atoms with E-state index in [-0.39, 0.29) is 11.5 Å². The van der Waals surface area contributed by atoms with E-state index in [2.05, 4.69) is 35.9 Å². The molecule has 6 nitrogen and oxygen atoms in total. The third kappa shape index (κ3) is 4.68. The Bertz CT molecular complexity index is 962. The SMILES string of the molecule is CCN(CC)c1ccc(C=C2SC(=Nc3ccc(C(=O)O)cc3)N(C)C2=O)cc1. The van der Waals surface area contributed by atoms with Crippen LogP contribution in [0.25, 0.3) is 6.08 Å². The molecular weight excluding hydrogens is 386 g/mol. The zero-order valence-electron chi connectivity index (χ0n) is 16.6. The maximum atomic E-state index is 12.6. The molecule has 1 N–H and O–H groups in total. The summed E-state index contributed by atoms with van der Waals surface area (Å²) in [6.07, 6.45) is 1.87. The highest BCUT2D eigenvalue weighted by molar-refractivity contribution is 8.18. The Morgan fingerprint density at radius 2 is 1.72 bits per heavy atom. The summed E-state index contributed by atoms with van der Waals surface area (Å²) in [5.74, 6) is -1.09. The molecule has 7 heteroatoms. The topological polar surface area (TPSA) is 73.2 Å². The Labute approximate surface area is 174 Å². The lowest BCUT2D eigenvalue weighted by Crippen LogP contribution is -2.23. The average molecular weight is 410 g/mol. The summed E-state index contributed by atoms with van der Waals surface area (Å²) in [6.45, 7) is 6.14. The Morgan fingerprint density at radius 1 is 1.10 bits per heavy atom. The van der Waals surface area contributed by atoms with Gasteiger partial charge < -0.3 is 10.0 Å². The Kier molecular flexibility index (Phi) is 6.39. The van der Waals surface area contributed by atoms with Gasteiger partial charge >= 0.3 is 5.97 Å². The van der Waals surface area contributed by atoms with Gasteiger partial charge in [-0.2, -0.15) is 0 Å². The monoisotopic (exact) mass is 409 g/mol. The zero-order valence-corrected chi connectivity index (χ0v) is 17.4. The van der Waals surface area contributed by atoms with Gasteiger partial charge in [-0.05, 0) is 73.6 Å². The number of rotatable bonds is 6. The largest absolute Gasteiger partial charge is 0.478 e. The molecule has 1 aliphatic rings. The fraction of sp³-hybridized carbons (Fsp3) is 0.227. The van der Waals surface area contributed by atoms with Crippen LogP contribution < -0.4 is 4.90 Å². The van der Waals surface area contributed by atoms with Crippen LogP contribution in [0.5, 0.6) is 0 Å². The van der Waals surface area contributed by atoms with E-state index < -0.39 is 5.97 Å². The highest BCUT2D eigenvalue weighted by Crippen LogP contribution is 2.33. The molecule has 0 aliphatic carbocycles. The number of carbonyl (C=O) groups excluding carboxylic acids is 1. The fourth-order valence-electron chi connectivity index (χ4n) is 2.96. The third-order valence-electron chi connectivity index (χ3n) is 4.66. The van der Waals surface area contributed by atoms with Crippen molar-refractivity contribution in [1.82, 2.24) is 4.90 Å². The van der Waals surface area contributed by atoms with Gasteiger partial charge in [0.2, 0.25) is 0 Å². The van der Waals surface area contributed by atoms with E-state index in [0.29, 0.717) is 15.8 Å². The molecule has 2 aromatic carbocycles. The van der Waals surface area contributed by atoms with Gasteiger partial charge in [0.15, 0.2) is 5.17 Å². The molecule has 3 rings (SSSR count). The van der Waals surface area contributed by atoms with E-state index in [1.165, 1.54) is 28.8 Å². The van der Waals surface area contributed by atoms with Crippen molar-refractivity contribution in [1.29, 1.82) is 0 Å². The molecule has 1 aliphatic heterocycles. The van der Waals surface area contributed by atoms with Crippen LogP contribution in [0.4, 0.5) is 11.4 Å². The minimum absolute atomic E-state index is 0.108. The lowest BCUT2D eigenvalue weighted by atomic mass is 10.1. The number of carboxylic acids is 1. The number of aromatic carboxylic acids is 1. The molecule has 150 valence electrons. The number of amidine groups is 1. The van der Waals surface area contributed by atoms with Gasteiger partial charge in [-0.3, -0.25) is 9.69 Å². The van der Waals surface area contributed by atoms with Crippen LogP contribution in [0.1, 0.15) is 29.8 Å². The van der Waals surface area contributed by atoms with E-state index in [4.69, 9.17) is 5.11 Å². The van der Waals surface area contributed by atoms with E-state index in [1.54, 1.807) is 19.2 Å². The van der Waals surface area contributed by atoms with Crippen molar-refractivity contribution >= 4 is 46.3 Å². The molecule has 0 radical (unpaired) electrons. The van der Waals surface area contributed by atoms with Crippen LogP contribution in [-0.2, 0) is 4.79 Å². The van der Waals surface area contributed by atoms with Gasteiger partial charge in [0.25, 0.3) is 5.91 Å². The summed E-state index contributed by atoms with van der Waals surface area (Å²) in [5, 5.41) is 9.54. The van der Waals surface area contributed by atoms with Gasteiger partial charge in [0.05, 0.1) is 16.2 Å². The second-order valence-corrected chi connectivity index (χ2v) is 7.49. The van der Waals surface area contributed by atoms with Crippen LogP contribution >= 0.6 is 11.8 Å². The number of carboxylic acid groups (broad SMARTS) is 1. The lowest BCUT2D eigenvalue weighted by molar-refractivity contribution is -0.121. The van der Waals surface area contributed by atoms with Crippen molar-refractivity contribution in [3.8, 4) is 0 Å². The molecular formula is C22H23N3O3S. The number of hydrogen-bond donors (Lipinski definition) is 1. The number of benzene rings is 2. The van der Waals surface area contributed by atoms with Crippen molar-refractivity contribution in [3.05, 3.63) is 64.6 Å². The first-order chi connectivity index (χ1) is 13.9. The molecule has 0 bridgehead atoms. The highest BCUT2D eigenvalue weighted by Gasteiger charge is 2.30. The molecule has 29 heavy (non-hydrogen) atoms. The molecule has 0 spiro atoms. The fourth-order valence-corrected chi connectivity index (χ4v) is 3.95. The molecule has 2 aromatic rings. The highest BCUT2D eigenvalue weighted by atomic mass is 32.2. The summed E-state index contributed by atoms with van der Waals surface area (Å²) < 4.78 is 0. The summed E-state index contributed by atoms with van der Waals surface area (Å²) in [4.78, 5) is 32.4. The minimum atomic E-state index is -0.982. The normalized spacial score (nSPS) is 16.7. The van der Waals surface area contributed by atoms with Crippen molar-refractivity contribution in [2.24, 2.45) is 4.99 Å². The summed E-state index contributed by atoms with van der Waals surface area (Å²) in [5.41, 5.74) is 2.91. The second kappa shape index (κ2) is 8.96. The molecule has 0 atom stereocenters. The molecule has 0 aromatic heterocycles. The van der Waals surface area contributed by atoms with Gasteiger partial charge in [-0.15, -0.1) is 0 Å². The number of nitrogens with zero attached hydrogens (tertiary/aromatic N) is 3. The number of thioether (sulfide) groups is 1. The molecule has 0 unspecified atom stereocenters. The number of hydrogen-bond acceptors (Lipinski definition) is 5. The second-order valence-electron chi connectivity index (χ2n) is 6.49. The number of anilines is 1. The molecule has 1 heterocycles. The Morgan fingerprint density at radius 3 is 2.28 bits per heavy atom. The van der Waals surface area contributed by atoms with Crippen molar-refractivity contribution in [3.63, 3.8) is 0 Å². The quantitative estimate of drug-likeness (QED) is 0.713. The number of amides is 1. The standard InChI is InChI=1S/C22H23N3O3S/c1-4-25(5-2)18-12-6-15(7-13-18)14-19-20(26)24(3)22(29-19)23-17-10-8-16(9-11-17)21(27)28/h6-14H,4-5H2,1-3H3,(H,27,28). The maximum Gasteiger partial charge on any atom is 0.335 e. The predicted molar refractivity (Wildman–Crippen MR) is 119 cm³/mol. The van der Waals surface area contributed by atoms with Gasteiger partial charge in [0.1, 0.15) is 0 Å². The Hall–Kier alpha value is -3.06. The Balaban J connectivity index is 1.79. The molecule has 1 fully saturated rings. The van der Waals surface area contributed by atoms with Crippen molar-refractivity contribution in [2.75, 3.05) is 25.0 Å².